The Balaban J connectivity index is 2.17. The van der Waals surface area contributed by atoms with Gasteiger partial charge in [0.25, 0.3) is 0 Å². The first kappa shape index (κ1) is 11.1. The van der Waals surface area contributed by atoms with Crippen molar-refractivity contribution >= 4 is 5.78 Å². The van der Waals surface area contributed by atoms with Gasteiger partial charge in [0.05, 0.1) is 6.04 Å². The van der Waals surface area contributed by atoms with Gasteiger partial charge < -0.3 is 5.11 Å². The molecular weight excluding hydrogens is 190 g/mol. The van der Waals surface area contributed by atoms with Crippen LogP contribution in [-0.2, 0) is 4.79 Å². The highest BCUT2D eigenvalue weighted by Crippen LogP contribution is 2.51. The number of nitrogens with zero attached hydrogens (tertiary/aromatic N) is 1. The fraction of sp³-hybridized carbons (Fsp3) is 0.917. The number of carbonyl (C=O) groups excluding carboxylic acids is 1. The fourth-order valence-electron chi connectivity index (χ4n) is 3.71. The van der Waals surface area contributed by atoms with Crippen LogP contribution in [0.4, 0.5) is 0 Å². The van der Waals surface area contributed by atoms with Gasteiger partial charge in [-0.1, -0.05) is 6.92 Å². The maximum absolute atomic E-state index is 11.6. The Morgan fingerprint density at radius 3 is 2.73 bits per heavy atom. The van der Waals surface area contributed by atoms with Gasteiger partial charge in [0.2, 0.25) is 0 Å². The lowest BCUT2D eigenvalue weighted by molar-refractivity contribution is -0.126. The zero-order chi connectivity index (χ0) is 11.2. The molecule has 1 saturated heterocycles. The Bertz CT molecular complexity index is 279. The van der Waals surface area contributed by atoms with Crippen LogP contribution in [0.15, 0.2) is 0 Å². The molecule has 0 amide bonds. The van der Waals surface area contributed by atoms with Gasteiger partial charge in [0.15, 0.2) is 5.78 Å². The summed E-state index contributed by atoms with van der Waals surface area (Å²) < 4.78 is 0. The van der Waals surface area contributed by atoms with E-state index in [2.05, 4.69) is 18.7 Å². The van der Waals surface area contributed by atoms with Crippen molar-refractivity contribution in [2.24, 2.45) is 11.8 Å². The van der Waals surface area contributed by atoms with Gasteiger partial charge in [0.1, 0.15) is 6.61 Å². The number of carbonyl (C=O) groups is 1. The second-order valence-corrected chi connectivity index (χ2v) is 5.59. The summed E-state index contributed by atoms with van der Waals surface area (Å²) in [5.74, 6) is 1.39. The van der Waals surface area contributed by atoms with Crippen LogP contribution >= 0.6 is 0 Å². The minimum atomic E-state index is -0.312. The maximum Gasteiger partial charge on any atom is 0.175 e. The minimum Gasteiger partial charge on any atom is -0.389 e. The van der Waals surface area contributed by atoms with E-state index in [1.807, 2.05) is 7.05 Å². The van der Waals surface area contributed by atoms with Gasteiger partial charge in [-0.05, 0) is 45.1 Å². The van der Waals surface area contributed by atoms with Crippen LogP contribution in [0, 0.1) is 11.8 Å². The van der Waals surface area contributed by atoms with Crippen LogP contribution in [0.2, 0.25) is 0 Å². The average molecular weight is 211 g/mol. The Hall–Kier alpha value is -0.410. The molecular formula is C12H21NO2. The molecule has 0 bridgehead atoms. The minimum absolute atomic E-state index is 0.0132. The quantitative estimate of drug-likeness (QED) is 0.742. The van der Waals surface area contributed by atoms with E-state index in [0.717, 1.165) is 12.3 Å². The highest BCUT2D eigenvalue weighted by Gasteiger charge is 2.54. The molecule has 3 nitrogen and oxygen atoms in total. The summed E-state index contributed by atoms with van der Waals surface area (Å²) in [5, 5.41) is 8.94. The van der Waals surface area contributed by atoms with Crippen molar-refractivity contribution in [2.75, 3.05) is 13.7 Å². The smallest absolute Gasteiger partial charge is 0.175 e. The molecule has 1 N–H and O–H groups in total. The largest absolute Gasteiger partial charge is 0.389 e. The SMILES string of the molecule is CC1C[C@H]2CC(C(=O)CO)N(C)[C@@]2(C)C1. The summed E-state index contributed by atoms with van der Waals surface area (Å²) in [6.45, 7) is 4.25. The number of aliphatic hydroxyl groups excluding tert-OH is 1. The Morgan fingerprint density at radius 1 is 1.53 bits per heavy atom. The number of hydrogen-bond acceptors (Lipinski definition) is 3. The molecule has 2 aliphatic rings. The number of likely N-dealkylation sites (N-methyl/N-ethyl adjacent to an activating group) is 1. The molecule has 0 spiro atoms. The normalized spacial score (nSPS) is 45.7. The lowest BCUT2D eigenvalue weighted by Gasteiger charge is -2.34. The van der Waals surface area contributed by atoms with Gasteiger partial charge in [-0.3, -0.25) is 9.69 Å². The molecule has 0 aromatic rings. The molecule has 86 valence electrons. The molecule has 0 aromatic carbocycles. The summed E-state index contributed by atoms with van der Waals surface area (Å²) in [4.78, 5) is 13.8. The third kappa shape index (κ3) is 1.53. The predicted octanol–water partition coefficient (Wildman–Crippen LogP) is 1.06. The first-order valence-electron chi connectivity index (χ1n) is 5.85. The highest BCUT2D eigenvalue weighted by atomic mass is 16.3. The Labute approximate surface area is 91.5 Å². The molecule has 2 unspecified atom stereocenters. The number of fused-ring (bicyclic) bond motifs is 1. The van der Waals surface area contributed by atoms with Crippen LogP contribution in [0.5, 0.6) is 0 Å². The van der Waals surface area contributed by atoms with Crippen LogP contribution in [-0.4, -0.2) is 41.0 Å². The Morgan fingerprint density at radius 2 is 2.20 bits per heavy atom. The zero-order valence-corrected chi connectivity index (χ0v) is 9.86. The van der Waals surface area contributed by atoms with E-state index in [9.17, 15) is 4.79 Å². The molecule has 3 heteroatoms. The zero-order valence-electron chi connectivity index (χ0n) is 9.86. The van der Waals surface area contributed by atoms with Crippen LogP contribution in [0.25, 0.3) is 0 Å². The van der Waals surface area contributed by atoms with Crippen LogP contribution < -0.4 is 0 Å². The van der Waals surface area contributed by atoms with E-state index in [4.69, 9.17) is 5.11 Å². The van der Waals surface area contributed by atoms with Crippen molar-refractivity contribution in [3.8, 4) is 0 Å². The second kappa shape index (κ2) is 3.56. The summed E-state index contributed by atoms with van der Waals surface area (Å²) in [6, 6.07) is -0.0440. The van der Waals surface area contributed by atoms with E-state index in [1.165, 1.54) is 12.8 Å². The number of hydrogen-bond donors (Lipinski definition) is 1. The molecule has 0 aromatic heterocycles. The Kier molecular flexibility index (Phi) is 2.63. The van der Waals surface area contributed by atoms with Gasteiger partial charge >= 0.3 is 0 Å². The van der Waals surface area contributed by atoms with Gasteiger partial charge in [-0.25, -0.2) is 0 Å². The van der Waals surface area contributed by atoms with Crippen molar-refractivity contribution in [3.63, 3.8) is 0 Å². The van der Waals surface area contributed by atoms with E-state index in [0.29, 0.717) is 5.92 Å². The molecule has 15 heavy (non-hydrogen) atoms. The van der Waals surface area contributed by atoms with Crippen molar-refractivity contribution in [1.82, 2.24) is 4.90 Å². The molecule has 4 atom stereocenters. The number of Topliss-reactive ketones (excluding diaryl/α,β-unsaturated/α-hetero) is 1. The third-order valence-corrected chi connectivity index (χ3v) is 4.64. The summed E-state index contributed by atoms with van der Waals surface area (Å²) >= 11 is 0. The van der Waals surface area contributed by atoms with Crippen LogP contribution in [0.3, 0.4) is 0 Å². The molecule has 1 saturated carbocycles. The molecule has 1 aliphatic heterocycles. The van der Waals surface area contributed by atoms with Crippen molar-refractivity contribution in [3.05, 3.63) is 0 Å². The van der Waals surface area contributed by atoms with E-state index < -0.39 is 0 Å². The summed E-state index contributed by atoms with van der Waals surface area (Å²) in [5.41, 5.74) is 0.189. The molecule has 2 fully saturated rings. The summed E-state index contributed by atoms with van der Waals surface area (Å²) in [7, 11) is 2.04. The lowest BCUT2D eigenvalue weighted by Crippen LogP contribution is -2.46. The number of likely N-dealkylation sites (tertiary alicyclic amines) is 1. The first-order chi connectivity index (χ1) is 6.99. The number of aliphatic hydroxyl groups is 1. The highest BCUT2D eigenvalue weighted by molar-refractivity contribution is 5.85. The topological polar surface area (TPSA) is 40.5 Å². The summed E-state index contributed by atoms with van der Waals surface area (Å²) in [6.07, 6.45) is 3.36. The van der Waals surface area contributed by atoms with Crippen molar-refractivity contribution in [1.29, 1.82) is 0 Å². The lowest BCUT2D eigenvalue weighted by atomic mass is 9.90. The van der Waals surface area contributed by atoms with Crippen molar-refractivity contribution < 1.29 is 9.90 Å². The maximum atomic E-state index is 11.6. The van der Waals surface area contributed by atoms with Crippen LogP contribution in [0.1, 0.15) is 33.1 Å². The van der Waals surface area contributed by atoms with Gasteiger partial charge in [-0.2, -0.15) is 0 Å². The first-order valence-corrected chi connectivity index (χ1v) is 5.85. The molecule has 2 rings (SSSR count). The number of rotatable bonds is 2. The van der Waals surface area contributed by atoms with E-state index in [-0.39, 0.29) is 24.0 Å². The van der Waals surface area contributed by atoms with Crippen molar-refractivity contribution in [2.45, 2.75) is 44.7 Å². The van der Waals surface area contributed by atoms with Gasteiger partial charge in [0, 0.05) is 5.54 Å². The standard InChI is InChI=1S/C12H21NO2/c1-8-4-9-5-10(11(15)7-14)13(3)12(9,2)6-8/h8-10,14H,4-7H2,1-3H3/t8?,9-,10?,12-/m0/s1. The third-order valence-electron chi connectivity index (χ3n) is 4.64. The van der Waals surface area contributed by atoms with E-state index in [1.54, 1.807) is 0 Å². The predicted molar refractivity (Wildman–Crippen MR) is 58.6 cm³/mol. The molecule has 0 radical (unpaired) electrons. The fourth-order valence-corrected chi connectivity index (χ4v) is 3.71. The average Bonchev–Trinajstić information content (AvgIpc) is 2.59. The second-order valence-electron chi connectivity index (χ2n) is 5.59. The van der Waals surface area contributed by atoms with Gasteiger partial charge in [-0.15, -0.1) is 0 Å². The molecule has 1 aliphatic carbocycles. The number of ketones is 1. The van der Waals surface area contributed by atoms with E-state index >= 15 is 0 Å². The monoisotopic (exact) mass is 211 g/mol. The molecule has 1 heterocycles.